The van der Waals surface area contributed by atoms with Crippen LogP contribution in [0.1, 0.15) is 41.1 Å². The molecular formula is C21H20O5. The first-order chi connectivity index (χ1) is 12.4. The molecule has 1 unspecified atom stereocenters. The molecule has 0 saturated heterocycles. The number of carbonyl (C=O) groups is 1. The van der Waals surface area contributed by atoms with Gasteiger partial charge in [0.25, 0.3) is 0 Å². The summed E-state index contributed by atoms with van der Waals surface area (Å²) in [5, 5.41) is 19.2. The Morgan fingerprint density at radius 3 is 2.73 bits per heavy atom. The highest BCUT2D eigenvalue weighted by atomic mass is 16.5. The quantitative estimate of drug-likeness (QED) is 0.754. The number of hydrogen-bond acceptors (Lipinski definition) is 5. The fourth-order valence-corrected chi connectivity index (χ4v) is 3.56. The SMILES string of the molecule is CC1(C)c2ccc(OCC(O)CO)cc2C(=O)c2c1oc1ccccc21. The lowest BCUT2D eigenvalue weighted by atomic mass is 9.72. The Morgan fingerprint density at radius 1 is 1.19 bits per heavy atom. The van der Waals surface area contributed by atoms with Crippen LogP contribution in [0.15, 0.2) is 46.9 Å². The normalized spacial score (nSPS) is 16.2. The average Bonchev–Trinajstić information content (AvgIpc) is 3.05. The molecule has 1 aliphatic rings. The summed E-state index contributed by atoms with van der Waals surface area (Å²) < 4.78 is 11.6. The molecule has 5 nitrogen and oxygen atoms in total. The maximum atomic E-state index is 13.2. The van der Waals surface area contributed by atoms with Gasteiger partial charge in [0.2, 0.25) is 0 Å². The van der Waals surface area contributed by atoms with Crippen LogP contribution in [0, 0.1) is 0 Å². The van der Waals surface area contributed by atoms with Crippen LogP contribution in [0.5, 0.6) is 5.75 Å². The Hall–Kier alpha value is -2.63. The van der Waals surface area contributed by atoms with E-state index in [2.05, 4.69) is 0 Å². The van der Waals surface area contributed by atoms with Gasteiger partial charge in [0, 0.05) is 16.4 Å². The summed E-state index contributed by atoms with van der Waals surface area (Å²) in [7, 11) is 0. The third-order valence-electron chi connectivity index (χ3n) is 4.95. The van der Waals surface area contributed by atoms with E-state index in [9.17, 15) is 9.90 Å². The molecule has 0 spiro atoms. The molecule has 0 amide bonds. The van der Waals surface area contributed by atoms with E-state index in [1.54, 1.807) is 12.1 Å². The van der Waals surface area contributed by atoms with Crippen molar-refractivity contribution in [1.29, 1.82) is 0 Å². The van der Waals surface area contributed by atoms with Crippen LogP contribution in [-0.2, 0) is 5.41 Å². The molecule has 134 valence electrons. The van der Waals surface area contributed by atoms with Crippen molar-refractivity contribution in [1.82, 2.24) is 0 Å². The van der Waals surface area contributed by atoms with Gasteiger partial charge in [0.1, 0.15) is 29.8 Å². The molecule has 0 saturated carbocycles. The fraction of sp³-hybridized carbons (Fsp3) is 0.286. The van der Waals surface area contributed by atoms with Crippen molar-refractivity contribution in [3.8, 4) is 5.75 Å². The lowest BCUT2D eigenvalue weighted by molar-refractivity contribution is 0.0535. The van der Waals surface area contributed by atoms with Crippen molar-refractivity contribution in [2.75, 3.05) is 13.2 Å². The summed E-state index contributed by atoms with van der Waals surface area (Å²) in [6.45, 7) is 3.67. The second-order valence-corrected chi connectivity index (χ2v) is 7.11. The molecule has 1 heterocycles. The van der Waals surface area contributed by atoms with Crippen LogP contribution in [0.4, 0.5) is 0 Å². The van der Waals surface area contributed by atoms with Crippen molar-refractivity contribution in [2.24, 2.45) is 0 Å². The minimum atomic E-state index is -0.956. The molecule has 1 aromatic heterocycles. The predicted molar refractivity (Wildman–Crippen MR) is 96.8 cm³/mol. The first-order valence-corrected chi connectivity index (χ1v) is 8.56. The number of ketones is 1. The molecule has 3 aromatic rings. The van der Waals surface area contributed by atoms with E-state index in [4.69, 9.17) is 14.3 Å². The number of fused-ring (bicyclic) bond motifs is 4. The van der Waals surface area contributed by atoms with Crippen LogP contribution in [0.3, 0.4) is 0 Å². The highest BCUT2D eigenvalue weighted by molar-refractivity contribution is 6.19. The third kappa shape index (κ3) is 2.43. The highest BCUT2D eigenvalue weighted by Crippen LogP contribution is 2.45. The van der Waals surface area contributed by atoms with Crippen LogP contribution < -0.4 is 4.74 Å². The van der Waals surface area contributed by atoms with E-state index in [0.717, 1.165) is 10.9 Å². The smallest absolute Gasteiger partial charge is 0.197 e. The zero-order valence-electron chi connectivity index (χ0n) is 14.7. The lowest BCUT2D eigenvalue weighted by Crippen LogP contribution is -2.29. The van der Waals surface area contributed by atoms with Gasteiger partial charge in [-0.05, 0) is 37.6 Å². The Morgan fingerprint density at radius 2 is 1.96 bits per heavy atom. The molecule has 1 aliphatic carbocycles. The van der Waals surface area contributed by atoms with E-state index in [1.165, 1.54) is 0 Å². The number of ether oxygens (including phenoxy) is 1. The van der Waals surface area contributed by atoms with Gasteiger partial charge in [0.15, 0.2) is 5.78 Å². The second-order valence-electron chi connectivity index (χ2n) is 7.11. The topological polar surface area (TPSA) is 79.9 Å². The summed E-state index contributed by atoms with van der Waals surface area (Å²) in [6.07, 6.45) is -0.956. The summed E-state index contributed by atoms with van der Waals surface area (Å²) in [4.78, 5) is 13.2. The van der Waals surface area contributed by atoms with Crippen molar-refractivity contribution in [3.63, 3.8) is 0 Å². The Labute approximate surface area is 150 Å². The molecule has 0 bridgehead atoms. The van der Waals surface area contributed by atoms with Gasteiger partial charge in [-0.3, -0.25) is 4.79 Å². The van der Waals surface area contributed by atoms with E-state index >= 15 is 0 Å². The molecule has 1 atom stereocenters. The van der Waals surface area contributed by atoms with Crippen LogP contribution in [-0.4, -0.2) is 35.3 Å². The third-order valence-corrected chi connectivity index (χ3v) is 4.95. The van der Waals surface area contributed by atoms with Gasteiger partial charge in [-0.2, -0.15) is 0 Å². The van der Waals surface area contributed by atoms with E-state index < -0.39 is 11.5 Å². The molecule has 0 fully saturated rings. The van der Waals surface area contributed by atoms with E-state index in [0.29, 0.717) is 28.2 Å². The molecule has 2 aromatic carbocycles. The molecule has 2 N–H and O–H groups in total. The van der Waals surface area contributed by atoms with Gasteiger partial charge in [0.05, 0.1) is 12.2 Å². The molecule has 0 radical (unpaired) electrons. The van der Waals surface area contributed by atoms with Gasteiger partial charge >= 0.3 is 0 Å². The van der Waals surface area contributed by atoms with Crippen LogP contribution in [0.2, 0.25) is 0 Å². The number of hydrogen-bond donors (Lipinski definition) is 2. The Bertz CT molecular complexity index is 999. The van der Waals surface area contributed by atoms with Crippen molar-refractivity contribution >= 4 is 16.8 Å². The predicted octanol–water partition coefficient (Wildman–Crippen LogP) is 3.04. The monoisotopic (exact) mass is 352 g/mol. The number of aliphatic hydroxyl groups excluding tert-OH is 2. The largest absolute Gasteiger partial charge is 0.491 e. The molecule has 0 aliphatic heterocycles. The number of furan rings is 1. The average molecular weight is 352 g/mol. The van der Waals surface area contributed by atoms with Crippen LogP contribution >= 0.6 is 0 Å². The number of carbonyl (C=O) groups excluding carboxylic acids is 1. The first-order valence-electron chi connectivity index (χ1n) is 8.56. The Balaban J connectivity index is 1.82. The van der Waals surface area contributed by atoms with Crippen molar-refractivity contribution < 1.29 is 24.2 Å². The maximum Gasteiger partial charge on any atom is 0.197 e. The van der Waals surface area contributed by atoms with Gasteiger partial charge in [-0.25, -0.2) is 0 Å². The molecule has 26 heavy (non-hydrogen) atoms. The van der Waals surface area contributed by atoms with Crippen LogP contribution in [0.25, 0.3) is 11.0 Å². The summed E-state index contributed by atoms with van der Waals surface area (Å²) in [6, 6.07) is 12.9. The summed E-state index contributed by atoms with van der Waals surface area (Å²) in [5.74, 6) is 1.07. The zero-order chi connectivity index (χ0) is 18.5. The maximum absolute atomic E-state index is 13.2. The number of para-hydroxylation sites is 1. The van der Waals surface area contributed by atoms with Crippen molar-refractivity contribution in [2.45, 2.75) is 25.4 Å². The molecule has 4 rings (SSSR count). The first kappa shape index (κ1) is 16.8. The van der Waals surface area contributed by atoms with Gasteiger partial charge in [-0.15, -0.1) is 0 Å². The van der Waals surface area contributed by atoms with E-state index in [-0.39, 0.29) is 19.0 Å². The minimum absolute atomic E-state index is 0.0350. The standard InChI is InChI=1S/C21H20O5/c1-21(2)16-8-7-13(25-11-12(23)10-22)9-15(16)19(24)18-14-5-3-4-6-17(14)26-20(18)21/h3-9,12,22-23H,10-11H2,1-2H3. The molecule has 5 heteroatoms. The number of aliphatic hydroxyl groups is 2. The molecular weight excluding hydrogens is 332 g/mol. The zero-order valence-corrected chi connectivity index (χ0v) is 14.7. The fourth-order valence-electron chi connectivity index (χ4n) is 3.56. The highest BCUT2D eigenvalue weighted by Gasteiger charge is 2.41. The number of rotatable bonds is 4. The minimum Gasteiger partial charge on any atom is -0.491 e. The van der Waals surface area contributed by atoms with Crippen molar-refractivity contribution in [3.05, 3.63) is 64.9 Å². The number of benzene rings is 2. The second kappa shape index (κ2) is 5.97. The lowest BCUT2D eigenvalue weighted by Gasteiger charge is -2.30. The summed E-state index contributed by atoms with van der Waals surface area (Å²) in [5.41, 5.74) is 2.30. The van der Waals surface area contributed by atoms with Gasteiger partial charge in [-0.1, -0.05) is 24.3 Å². The van der Waals surface area contributed by atoms with E-state index in [1.807, 2.05) is 44.2 Å². The summed E-state index contributed by atoms with van der Waals surface area (Å²) >= 11 is 0. The van der Waals surface area contributed by atoms with Gasteiger partial charge < -0.3 is 19.4 Å². The Kier molecular flexibility index (Phi) is 3.86.